The molecule has 4 nitrogen and oxygen atoms in total. The van der Waals surface area contributed by atoms with Gasteiger partial charge in [-0.25, -0.2) is 26.3 Å². The predicted octanol–water partition coefficient (Wildman–Crippen LogP) is 2.08. The van der Waals surface area contributed by atoms with Crippen molar-refractivity contribution in [3.8, 4) is 0 Å². The molecule has 2 N–H and O–H groups in total. The van der Waals surface area contributed by atoms with E-state index in [1.54, 1.807) is 0 Å². The van der Waals surface area contributed by atoms with Crippen LogP contribution in [0.5, 0.6) is 0 Å². The molecule has 0 radical (unpaired) electrons. The highest BCUT2D eigenvalue weighted by Gasteiger charge is 2.32. The van der Waals surface area contributed by atoms with Crippen LogP contribution in [-0.4, -0.2) is 25.7 Å². The molecule has 1 fully saturated rings. The van der Waals surface area contributed by atoms with Crippen molar-refractivity contribution >= 4 is 10.0 Å². The molecule has 0 heterocycles. The van der Waals surface area contributed by atoms with Crippen LogP contribution >= 0.6 is 0 Å². The van der Waals surface area contributed by atoms with Crippen molar-refractivity contribution in [2.75, 3.05) is 6.54 Å². The van der Waals surface area contributed by atoms with Crippen LogP contribution in [-0.2, 0) is 10.0 Å². The molecule has 1 aromatic rings. The van der Waals surface area contributed by atoms with E-state index in [9.17, 15) is 26.7 Å². The van der Waals surface area contributed by atoms with Gasteiger partial charge in [-0.1, -0.05) is 19.3 Å². The third-order valence-corrected chi connectivity index (χ3v) is 5.06. The first-order valence-corrected chi connectivity index (χ1v) is 8.08. The van der Waals surface area contributed by atoms with E-state index in [0.29, 0.717) is 12.8 Å². The van der Waals surface area contributed by atoms with Gasteiger partial charge in [0.25, 0.3) is 0 Å². The average Bonchev–Trinajstić information content (AvgIpc) is 2.42. The average molecular weight is 323 g/mol. The second kappa shape index (κ2) is 5.94. The van der Waals surface area contributed by atoms with Gasteiger partial charge in [0.05, 0.1) is 5.60 Å². The summed E-state index contributed by atoms with van der Waals surface area (Å²) in [4.78, 5) is -0.971. The molecule has 1 aromatic carbocycles. The van der Waals surface area contributed by atoms with Gasteiger partial charge in [0.1, 0.15) is 10.7 Å². The molecule has 1 saturated carbocycles. The first-order valence-electron chi connectivity index (χ1n) is 6.60. The normalized spacial score (nSPS) is 18.7. The van der Waals surface area contributed by atoms with Crippen LogP contribution in [0.2, 0.25) is 0 Å². The Labute approximate surface area is 121 Å². The zero-order valence-electron chi connectivity index (χ0n) is 11.2. The van der Waals surface area contributed by atoms with Crippen LogP contribution in [0.15, 0.2) is 17.0 Å². The van der Waals surface area contributed by atoms with E-state index in [2.05, 4.69) is 4.72 Å². The molecule has 2 rings (SSSR count). The molecule has 0 spiro atoms. The number of hydrogen-bond donors (Lipinski definition) is 2. The fourth-order valence-corrected chi connectivity index (χ4v) is 3.59. The number of aliphatic hydroxyl groups is 1. The van der Waals surface area contributed by atoms with Crippen molar-refractivity contribution in [1.29, 1.82) is 0 Å². The standard InChI is InChI=1S/C13H16F3NO3S/c14-9-6-11(16)12(7-10(9)15)21(19,20)17-8-13(18)4-2-1-3-5-13/h6-7,17-18H,1-5,8H2. The molecule has 0 amide bonds. The largest absolute Gasteiger partial charge is 0.389 e. The molecule has 0 aliphatic heterocycles. The maximum Gasteiger partial charge on any atom is 0.243 e. The van der Waals surface area contributed by atoms with Gasteiger partial charge in [-0.15, -0.1) is 0 Å². The molecule has 21 heavy (non-hydrogen) atoms. The van der Waals surface area contributed by atoms with E-state index in [-0.39, 0.29) is 18.7 Å². The molecule has 118 valence electrons. The molecule has 0 atom stereocenters. The summed E-state index contributed by atoms with van der Waals surface area (Å²) >= 11 is 0. The zero-order valence-corrected chi connectivity index (χ0v) is 12.0. The Morgan fingerprint density at radius 3 is 2.24 bits per heavy atom. The molecule has 0 aromatic heterocycles. The van der Waals surface area contributed by atoms with E-state index in [4.69, 9.17) is 0 Å². The lowest BCUT2D eigenvalue weighted by atomic mass is 9.85. The third-order valence-electron chi connectivity index (χ3n) is 3.64. The minimum atomic E-state index is -4.36. The number of hydrogen-bond acceptors (Lipinski definition) is 3. The van der Waals surface area contributed by atoms with Gasteiger partial charge >= 0.3 is 0 Å². The summed E-state index contributed by atoms with van der Waals surface area (Å²) in [7, 11) is -4.36. The lowest BCUT2D eigenvalue weighted by Crippen LogP contribution is -2.44. The van der Waals surface area contributed by atoms with Gasteiger partial charge in [0.15, 0.2) is 11.6 Å². The monoisotopic (exact) mass is 323 g/mol. The highest BCUT2D eigenvalue weighted by Crippen LogP contribution is 2.28. The molecular weight excluding hydrogens is 307 g/mol. The highest BCUT2D eigenvalue weighted by molar-refractivity contribution is 7.89. The molecule has 0 saturated heterocycles. The summed E-state index contributed by atoms with van der Waals surface area (Å²) in [6.45, 7) is -0.284. The van der Waals surface area contributed by atoms with Gasteiger partial charge in [0, 0.05) is 12.6 Å². The predicted molar refractivity (Wildman–Crippen MR) is 69.5 cm³/mol. The summed E-state index contributed by atoms with van der Waals surface area (Å²) < 4.78 is 65.4. The van der Waals surface area contributed by atoms with E-state index in [1.807, 2.05) is 0 Å². The lowest BCUT2D eigenvalue weighted by Gasteiger charge is -2.32. The van der Waals surface area contributed by atoms with Gasteiger partial charge < -0.3 is 5.11 Å². The molecule has 1 aliphatic rings. The smallest absolute Gasteiger partial charge is 0.243 e. The lowest BCUT2D eigenvalue weighted by molar-refractivity contribution is 0.00944. The minimum Gasteiger partial charge on any atom is -0.389 e. The van der Waals surface area contributed by atoms with Crippen LogP contribution in [0.25, 0.3) is 0 Å². The van der Waals surface area contributed by atoms with Crippen molar-refractivity contribution in [2.45, 2.75) is 42.6 Å². The molecular formula is C13H16F3NO3S. The maximum atomic E-state index is 13.5. The van der Waals surface area contributed by atoms with Crippen LogP contribution in [0, 0.1) is 17.5 Å². The van der Waals surface area contributed by atoms with E-state index in [0.717, 1.165) is 19.3 Å². The first kappa shape index (κ1) is 16.3. The topological polar surface area (TPSA) is 66.4 Å². The fraction of sp³-hybridized carbons (Fsp3) is 0.538. The van der Waals surface area contributed by atoms with Gasteiger partial charge in [-0.05, 0) is 18.9 Å². The summed E-state index contributed by atoms with van der Waals surface area (Å²) in [5, 5.41) is 10.2. The van der Waals surface area contributed by atoms with Crippen molar-refractivity contribution in [2.24, 2.45) is 0 Å². The van der Waals surface area contributed by atoms with Crippen LogP contribution in [0.1, 0.15) is 32.1 Å². The zero-order chi connectivity index (χ0) is 15.7. The number of nitrogens with one attached hydrogen (secondary N) is 1. The Morgan fingerprint density at radius 1 is 1.05 bits per heavy atom. The van der Waals surface area contributed by atoms with Crippen LogP contribution in [0.4, 0.5) is 13.2 Å². The van der Waals surface area contributed by atoms with Crippen molar-refractivity contribution in [1.82, 2.24) is 4.72 Å². The SMILES string of the molecule is O=S(=O)(NCC1(O)CCCCC1)c1cc(F)c(F)cc1F. The summed E-state index contributed by atoms with van der Waals surface area (Å²) in [6.07, 6.45) is 3.40. The summed E-state index contributed by atoms with van der Waals surface area (Å²) in [6, 6.07) is 0.469. The van der Waals surface area contributed by atoms with Crippen molar-refractivity contribution in [3.63, 3.8) is 0 Å². The highest BCUT2D eigenvalue weighted by atomic mass is 32.2. The quantitative estimate of drug-likeness (QED) is 0.834. The van der Waals surface area contributed by atoms with E-state index < -0.39 is 38.0 Å². The summed E-state index contributed by atoms with van der Waals surface area (Å²) in [5.74, 6) is -4.29. The van der Waals surface area contributed by atoms with Crippen LogP contribution in [0.3, 0.4) is 0 Å². The minimum absolute atomic E-state index is 0.180. The first-order chi connectivity index (χ1) is 9.73. The van der Waals surface area contributed by atoms with Crippen LogP contribution < -0.4 is 4.72 Å². The van der Waals surface area contributed by atoms with Gasteiger partial charge in [-0.3, -0.25) is 0 Å². The second-order valence-corrected chi connectivity index (χ2v) is 7.04. The van der Waals surface area contributed by atoms with E-state index >= 15 is 0 Å². The third kappa shape index (κ3) is 3.75. The Bertz CT molecular complexity index is 628. The second-order valence-electron chi connectivity index (χ2n) is 5.31. The Morgan fingerprint density at radius 2 is 1.62 bits per heavy atom. The molecule has 8 heteroatoms. The van der Waals surface area contributed by atoms with Crippen molar-refractivity contribution < 1.29 is 26.7 Å². The van der Waals surface area contributed by atoms with Gasteiger partial charge in [-0.2, -0.15) is 0 Å². The number of halogens is 3. The Hall–Kier alpha value is -1.12. The Balaban J connectivity index is 2.17. The Kier molecular flexibility index (Phi) is 4.60. The summed E-state index contributed by atoms with van der Waals surface area (Å²) in [5.41, 5.74) is -1.18. The number of benzene rings is 1. The number of sulfonamides is 1. The van der Waals surface area contributed by atoms with Crippen molar-refractivity contribution in [3.05, 3.63) is 29.6 Å². The van der Waals surface area contributed by atoms with E-state index in [1.165, 1.54) is 0 Å². The maximum absolute atomic E-state index is 13.5. The molecule has 0 unspecified atom stereocenters. The fourth-order valence-electron chi connectivity index (χ4n) is 2.40. The van der Waals surface area contributed by atoms with Gasteiger partial charge in [0.2, 0.25) is 10.0 Å². The molecule has 1 aliphatic carbocycles. The molecule has 0 bridgehead atoms. The number of rotatable bonds is 4.